The predicted octanol–water partition coefficient (Wildman–Crippen LogP) is 2.41. The van der Waals surface area contributed by atoms with E-state index in [0.717, 1.165) is 18.7 Å². The van der Waals surface area contributed by atoms with Crippen molar-refractivity contribution in [2.75, 3.05) is 26.2 Å². The van der Waals surface area contributed by atoms with E-state index in [4.69, 9.17) is 4.42 Å². The third-order valence-corrected chi connectivity index (χ3v) is 5.43. The highest BCUT2D eigenvalue weighted by atomic mass is 16.4. The molecule has 6 nitrogen and oxygen atoms in total. The quantitative estimate of drug-likeness (QED) is 0.854. The van der Waals surface area contributed by atoms with Gasteiger partial charge in [0.25, 0.3) is 0 Å². The second-order valence-corrected chi connectivity index (χ2v) is 7.13. The molecular weight excluding hydrogens is 316 g/mol. The minimum atomic E-state index is -0.378. The Morgan fingerprint density at radius 1 is 1.00 bits per heavy atom. The van der Waals surface area contributed by atoms with Crippen LogP contribution in [-0.4, -0.2) is 51.8 Å². The van der Waals surface area contributed by atoms with Crippen LogP contribution in [0.4, 0.5) is 0 Å². The molecule has 0 saturated carbocycles. The van der Waals surface area contributed by atoms with Crippen LogP contribution in [0.25, 0.3) is 11.5 Å². The van der Waals surface area contributed by atoms with Gasteiger partial charge < -0.3 is 9.32 Å². The van der Waals surface area contributed by atoms with E-state index in [0.29, 0.717) is 18.6 Å². The molecule has 134 valence electrons. The van der Waals surface area contributed by atoms with Gasteiger partial charge in [0.15, 0.2) is 0 Å². The smallest absolute Gasteiger partial charge is 0.388 e. The maximum absolute atomic E-state index is 12.1. The summed E-state index contributed by atoms with van der Waals surface area (Å²) >= 11 is 0. The van der Waals surface area contributed by atoms with Crippen LogP contribution < -0.4 is 5.76 Å². The first kappa shape index (κ1) is 16.5. The summed E-state index contributed by atoms with van der Waals surface area (Å²) in [6, 6.07) is 10.3. The standard InChI is InChI=1S/C19H26N4O2/c24-19-23(20-18(25-19)16-7-3-1-4-8-16)15-21-13-9-17(10-14-21)22-11-5-2-6-12-22/h1,3-4,7-8,17H,2,5-6,9-15H2. The van der Waals surface area contributed by atoms with Crippen LogP contribution in [0.3, 0.4) is 0 Å². The zero-order chi connectivity index (χ0) is 17.1. The molecule has 0 spiro atoms. The lowest BCUT2D eigenvalue weighted by molar-refractivity contribution is 0.0753. The van der Waals surface area contributed by atoms with E-state index < -0.39 is 0 Å². The minimum Gasteiger partial charge on any atom is -0.388 e. The normalized spacial score (nSPS) is 20.8. The average molecular weight is 342 g/mol. The highest BCUT2D eigenvalue weighted by Crippen LogP contribution is 2.21. The molecule has 1 aromatic heterocycles. The fraction of sp³-hybridized carbons (Fsp3) is 0.579. The van der Waals surface area contributed by atoms with Crippen LogP contribution in [0.1, 0.15) is 32.1 Å². The van der Waals surface area contributed by atoms with Crippen LogP contribution in [-0.2, 0) is 6.67 Å². The topological polar surface area (TPSA) is 54.5 Å². The Morgan fingerprint density at radius 3 is 2.44 bits per heavy atom. The Kier molecular flexibility index (Phi) is 4.99. The molecule has 2 saturated heterocycles. The Hall–Kier alpha value is -1.92. The van der Waals surface area contributed by atoms with Gasteiger partial charge in [-0.3, -0.25) is 4.90 Å². The first-order valence-electron chi connectivity index (χ1n) is 9.39. The van der Waals surface area contributed by atoms with Crippen LogP contribution in [0.15, 0.2) is 39.5 Å². The van der Waals surface area contributed by atoms with Gasteiger partial charge in [-0.15, -0.1) is 5.10 Å². The molecule has 0 aliphatic carbocycles. The van der Waals surface area contributed by atoms with Gasteiger partial charge in [0.05, 0.1) is 0 Å². The summed E-state index contributed by atoms with van der Waals surface area (Å²) in [5, 5.41) is 4.37. The van der Waals surface area contributed by atoms with Gasteiger partial charge >= 0.3 is 5.76 Å². The molecule has 4 rings (SSSR count). The summed E-state index contributed by atoms with van der Waals surface area (Å²) < 4.78 is 6.77. The predicted molar refractivity (Wildman–Crippen MR) is 96.2 cm³/mol. The number of nitrogens with zero attached hydrogens (tertiary/aromatic N) is 4. The molecule has 2 fully saturated rings. The van der Waals surface area contributed by atoms with Gasteiger partial charge in [0, 0.05) is 24.7 Å². The Morgan fingerprint density at radius 2 is 1.72 bits per heavy atom. The van der Waals surface area contributed by atoms with Gasteiger partial charge in [-0.05, 0) is 50.9 Å². The summed E-state index contributed by atoms with van der Waals surface area (Å²) in [6.45, 7) is 5.06. The third kappa shape index (κ3) is 3.85. The molecule has 0 atom stereocenters. The lowest BCUT2D eigenvalue weighted by Gasteiger charge is -2.40. The lowest BCUT2D eigenvalue weighted by Crippen LogP contribution is -2.47. The minimum absolute atomic E-state index is 0.378. The first-order chi connectivity index (χ1) is 12.3. The van der Waals surface area contributed by atoms with Gasteiger partial charge in [0.2, 0.25) is 5.89 Å². The number of aromatic nitrogens is 2. The van der Waals surface area contributed by atoms with Crippen molar-refractivity contribution >= 4 is 0 Å². The van der Waals surface area contributed by atoms with Gasteiger partial charge in [-0.1, -0.05) is 24.6 Å². The van der Waals surface area contributed by atoms with Crippen LogP contribution in [0, 0.1) is 0 Å². The van der Waals surface area contributed by atoms with Crippen molar-refractivity contribution in [2.45, 2.75) is 44.8 Å². The number of likely N-dealkylation sites (tertiary alicyclic amines) is 2. The Labute approximate surface area is 148 Å². The van der Waals surface area contributed by atoms with E-state index in [2.05, 4.69) is 14.9 Å². The fourth-order valence-electron chi connectivity index (χ4n) is 3.99. The van der Waals surface area contributed by atoms with Gasteiger partial charge in [0.1, 0.15) is 6.67 Å². The number of rotatable bonds is 4. The summed E-state index contributed by atoms with van der Waals surface area (Å²) in [5.41, 5.74) is 0.835. The monoisotopic (exact) mass is 342 g/mol. The largest absolute Gasteiger partial charge is 0.438 e. The maximum atomic E-state index is 12.1. The van der Waals surface area contributed by atoms with Crippen LogP contribution in [0.5, 0.6) is 0 Å². The molecule has 2 aliphatic heterocycles. The van der Waals surface area contributed by atoms with E-state index in [1.807, 2.05) is 30.3 Å². The van der Waals surface area contributed by atoms with Crippen LogP contribution in [0.2, 0.25) is 0 Å². The van der Waals surface area contributed by atoms with Crippen molar-refractivity contribution in [1.82, 2.24) is 19.6 Å². The molecule has 0 unspecified atom stereocenters. The molecule has 0 bridgehead atoms. The molecule has 0 radical (unpaired) electrons. The number of benzene rings is 1. The van der Waals surface area contributed by atoms with E-state index in [-0.39, 0.29) is 5.76 Å². The highest BCUT2D eigenvalue weighted by molar-refractivity contribution is 5.51. The van der Waals surface area contributed by atoms with Crippen LogP contribution >= 0.6 is 0 Å². The van der Waals surface area contributed by atoms with Crippen molar-refractivity contribution in [3.8, 4) is 11.5 Å². The SMILES string of the molecule is O=c1oc(-c2ccccc2)nn1CN1CCC(N2CCCCC2)CC1. The fourth-order valence-corrected chi connectivity index (χ4v) is 3.99. The Balaban J connectivity index is 1.36. The molecular formula is C19H26N4O2. The highest BCUT2D eigenvalue weighted by Gasteiger charge is 2.26. The molecule has 2 aliphatic rings. The van der Waals surface area contributed by atoms with Crippen molar-refractivity contribution in [1.29, 1.82) is 0 Å². The summed E-state index contributed by atoms with van der Waals surface area (Å²) in [7, 11) is 0. The van der Waals surface area contributed by atoms with Gasteiger partial charge in [-0.25, -0.2) is 4.79 Å². The number of hydrogen-bond acceptors (Lipinski definition) is 5. The van der Waals surface area contributed by atoms with E-state index in [9.17, 15) is 4.79 Å². The zero-order valence-corrected chi connectivity index (χ0v) is 14.6. The first-order valence-corrected chi connectivity index (χ1v) is 9.39. The van der Waals surface area contributed by atoms with E-state index in [1.54, 1.807) is 0 Å². The Bertz CT molecular complexity index is 725. The third-order valence-electron chi connectivity index (χ3n) is 5.43. The van der Waals surface area contributed by atoms with Gasteiger partial charge in [-0.2, -0.15) is 4.68 Å². The molecule has 3 heterocycles. The van der Waals surface area contributed by atoms with E-state index in [1.165, 1.54) is 49.9 Å². The van der Waals surface area contributed by atoms with Crippen molar-refractivity contribution < 1.29 is 4.42 Å². The summed E-state index contributed by atoms with van der Waals surface area (Å²) in [4.78, 5) is 17.1. The second-order valence-electron chi connectivity index (χ2n) is 7.13. The molecule has 2 aromatic rings. The van der Waals surface area contributed by atoms with Crippen molar-refractivity contribution in [3.05, 3.63) is 40.9 Å². The zero-order valence-electron chi connectivity index (χ0n) is 14.6. The molecule has 25 heavy (non-hydrogen) atoms. The molecule has 6 heteroatoms. The summed E-state index contributed by atoms with van der Waals surface area (Å²) in [5.74, 6) is 0.0193. The van der Waals surface area contributed by atoms with E-state index >= 15 is 0 Å². The number of hydrogen-bond donors (Lipinski definition) is 0. The second kappa shape index (κ2) is 7.54. The molecule has 0 N–H and O–H groups in total. The average Bonchev–Trinajstić information content (AvgIpc) is 3.04. The number of piperidine rings is 2. The van der Waals surface area contributed by atoms with Crippen molar-refractivity contribution in [3.63, 3.8) is 0 Å². The molecule has 1 aromatic carbocycles. The molecule has 0 amide bonds. The lowest BCUT2D eigenvalue weighted by atomic mass is 10.0. The maximum Gasteiger partial charge on any atom is 0.438 e. The van der Waals surface area contributed by atoms with Crippen molar-refractivity contribution in [2.24, 2.45) is 0 Å². The summed E-state index contributed by atoms with van der Waals surface area (Å²) in [6.07, 6.45) is 6.43.